The van der Waals surface area contributed by atoms with E-state index < -0.39 is 5.97 Å². The molecular weight excluding hydrogens is 146 g/mol. The minimum absolute atomic E-state index is 0.129. The second-order valence-electron chi connectivity index (χ2n) is 2.17. The van der Waals surface area contributed by atoms with E-state index in [0.717, 1.165) is 0 Å². The van der Waals surface area contributed by atoms with Gasteiger partial charge in [0.15, 0.2) is 0 Å². The highest BCUT2D eigenvalue weighted by Crippen LogP contribution is 1.99. The van der Waals surface area contributed by atoms with Crippen molar-refractivity contribution in [3.63, 3.8) is 0 Å². The van der Waals surface area contributed by atoms with Gasteiger partial charge in [0.1, 0.15) is 0 Å². The van der Waals surface area contributed by atoms with Crippen molar-refractivity contribution < 1.29 is 9.90 Å². The number of hydrogen-bond donors (Lipinski definition) is 2. The Morgan fingerprint density at radius 2 is 2.18 bits per heavy atom. The summed E-state index contributed by atoms with van der Waals surface area (Å²) in [4.78, 5) is 23.4. The number of aryl methyl sites for hydroxylation is 1. The molecule has 1 aromatic rings. The molecular formula is C7H7NO3. The number of H-pyrrole nitrogens is 1. The zero-order valence-corrected chi connectivity index (χ0v) is 5.92. The molecule has 4 heteroatoms. The van der Waals surface area contributed by atoms with Crippen molar-refractivity contribution in [3.8, 4) is 0 Å². The molecule has 58 valence electrons. The van der Waals surface area contributed by atoms with Crippen LogP contribution in [0.2, 0.25) is 0 Å². The average molecular weight is 153 g/mol. The van der Waals surface area contributed by atoms with Crippen LogP contribution in [-0.4, -0.2) is 16.1 Å². The number of hydrogen-bond acceptors (Lipinski definition) is 2. The van der Waals surface area contributed by atoms with Crippen molar-refractivity contribution in [2.75, 3.05) is 0 Å². The number of pyridine rings is 1. The second-order valence-corrected chi connectivity index (χ2v) is 2.17. The third kappa shape index (κ3) is 1.46. The van der Waals surface area contributed by atoms with Crippen LogP contribution in [0.3, 0.4) is 0 Å². The lowest BCUT2D eigenvalue weighted by atomic mass is 10.2. The van der Waals surface area contributed by atoms with Gasteiger partial charge in [-0.25, -0.2) is 4.79 Å². The van der Waals surface area contributed by atoms with E-state index in [9.17, 15) is 9.59 Å². The average Bonchev–Trinajstić information content (AvgIpc) is 1.85. The van der Waals surface area contributed by atoms with E-state index in [2.05, 4.69) is 4.98 Å². The summed E-state index contributed by atoms with van der Waals surface area (Å²) in [5, 5.41) is 8.53. The lowest BCUT2D eigenvalue weighted by molar-refractivity contribution is 0.0695. The van der Waals surface area contributed by atoms with Gasteiger partial charge in [-0.2, -0.15) is 0 Å². The molecule has 1 aromatic heterocycles. The number of aromatic carboxylic acids is 1. The van der Waals surface area contributed by atoms with Gasteiger partial charge < -0.3 is 10.1 Å². The summed E-state index contributed by atoms with van der Waals surface area (Å²) in [7, 11) is 0. The standard InChI is InChI=1S/C7H7NO3/c1-4-5(7(10)11)2-3-6(9)8-4/h2-3H,1H3,(H,8,9)(H,10,11). The summed E-state index contributed by atoms with van der Waals surface area (Å²) in [6.45, 7) is 1.55. The molecule has 0 bridgehead atoms. The van der Waals surface area contributed by atoms with Gasteiger partial charge in [-0.15, -0.1) is 0 Å². The largest absolute Gasteiger partial charge is 0.478 e. The van der Waals surface area contributed by atoms with Crippen molar-refractivity contribution in [1.82, 2.24) is 4.98 Å². The molecule has 0 aliphatic heterocycles. The Labute approximate surface area is 62.5 Å². The smallest absolute Gasteiger partial charge is 0.337 e. The molecule has 4 nitrogen and oxygen atoms in total. The van der Waals surface area contributed by atoms with Gasteiger partial charge in [0.25, 0.3) is 0 Å². The maximum Gasteiger partial charge on any atom is 0.337 e. The first-order valence-electron chi connectivity index (χ1n) is 3.04. The minimum Gasteiger partial charge on any atom is -0.478 e. The Morgan fingerprint density at radius 3 is 2.64 bits per heavy atom. The summed E-state index contributed by atoms with van der Waals surface area (Å²) in [5.41, 5.74) is 0.224. The van der Waals surface area contributed by atoms with E-state index >= 15 is 0 Å². The summed E-state index contributed by atoms with van der Waals surface area (Å²) in [6.07, 6.45) is 0. The van der Waals surface area contributed by atoms with Gasteiger partial charge in [0.05, 0.1) is 5.56 Å². The van der Waals surface area contributed by atoms with Crippen LogP contribution >= 0.6 is 0 Å². The summed E-state index contributed by atoms with van der Waals surface area (Å²) >= 11 is 0. The SMILES string of the molecule is Cc1[nH]c(=O)ccc1C(=O)O. The van der Waals surface area contributed by atoms with Gasteiger partial charge in [-0.1, -0.05) is 0 Å². The summed E-state index contributed by atoms with van der Waals surface area (Å²) < 4.78 is 0. The van der Waals surface area contributed by atoms with Gasteiger partial charge in [0, 0.05) is 11.8 Å². The van der Waals surface area contributed by atoms with E-state index in [-0.39, 0.29) is 11.1 Å². The normalized spacial score (nSPS) is 9.55. The third-order valence-corrected chi connectivity index (χ3v) is 1.35. The fourth-order valence-corrected chi connectivity index (χ4v) is 0.810. The van der Waals surface area contributed by atoms with E-state index in [1.54, 1.807) is 6.92 Å². The lowest BCUT2D eigenvalue weighted by Gasteiger charge is -1.96. The molecule has 2 N–H and O–H groups in total. The number of carboxylic acids is 1. The van der Waals surface area contributed by atoms with Crippen molar-refractivity contribution in [3.05, 3.63) is 33.7 Å². The predicted molar refractivity (Wildman–Crippen MR) is 38.8 cm³/mol. The van der Waals surface area contributed by atoms with Crippen molar-refractivity contribution in [2.24, 2.45) is 0 Å². The number of aromatic nitrogens is 1. The molecule has 0 aromatic carbocycles. The van der Waals surface area contributed by atoms with Gasteiger partial charge in [-0.3, -0.25) is 4.79 Å². The fourth-order valence-electron chi connectivity index (χ4n) is 0.810. The van der Waals surface area contributed by atoms with Crippen LogP contribution < -0.4 is 5.56 Å². The maximum absolute atomic E-state index is 10.6. The van der Waals surface area contributed by atoms with Crippen LogP contribution in [0.5, 0.6) is 0 Å². The Morgan fingerprint density at radius 1 is 1.55 bits per heavy atom. The van der Waals surface area contributed by atoms with Gasteiger partial charge in [-0.05, 0) is 13.0 Å². The van der Waals surface area contributed by atoms with Gasteiger partial charge in [0.2, 0.25) is 5.56 Å². The van der Waals surface area contributed by atoms with Crippen LogP contribution in [0.15, 0.2) is 16.9 Å². The zero-order valence-electron chi connectivity index (χ0n) is 5.92. The molecule has 0 amide bonds. The molecule has 0 fully saturated rings. The molecule has 1 heterocycles. The molecule has 0 radical (unpaired) electrons. The van der Waals surface area contributed by atoms with Crippen LogP contribution in [0.4, 0.5) is 0 Å². The quantitative estimate of drug-likeness (QED) is 0.612. The first kappa shape index (κ1) is 7.53. The molecule has 0 atom stereocenters. The predicted octanol–water partition coefficient (Wildman–Crippen LogP) is 0.382. The Kier molecular flexibility index (Phi) is 1.76. The monoisotopic (exact) mass is 153 g/mol. The lowest BCUT2D eigenvalue weighted by Crippen LogP contribution is -2.10. The maximum atomic E-state index is 10.6. The molecule has 1 rings (SSSR count). The first-order chi connectivity index (χ1) is 5.11. The van der Waals surface area contributed by atoms with Gasteiger partial charge >= 0.3 is 5.97 Å². The zero-order chi connectivity index (χ0) is 8.43. The molecule has 11 heavy (non-hydrogen) atoms. The van der Waals surface area contributed by atoms with Crippen LogP contribution in [-0.2, 0) is 0 Å². The summed E-state index contributed by atoms with van der Waals surface area (Å²) in [5.74, 6) is -1.03. The number of rotatable bonds is 1. The summed E-state index contributed by atoms with van der Waals surface area (Å²) in [6, 6.07) is 2.48. The van der Waals surface area contributed by atoms with Crippen LogP contribution in [0.1, 0.15) is 16.1 Å². The molecule has 0 saturated heterocycles. The fraction of sp³-hybridized carbons (Fsp3) is 0.143. The topological polar surface area (TPSA) is 70.2 Å². The highest BCUT2D eigenvalue weighted by molar-refractivity contribution is 5.88. The first-order valence-corrected chi connectivity index (χ1v) is 3.04. The highest BCUT2D eigenvalue weighted by atomic mass is 16.4. The van der Waals surface area contributed by atoms with E-state index in [4.69, 9.17) is 5.11 Å². The highest BCUT2D eigenvalue weighted by Gasteiger charge is 2.05. The molecule has 0 saturated carbocycles. The molecule has 0 unspecified atom stereocenters. The number of aromatic amines is 1. The Hall–Kier alpha value is -1.58. The molecule has 0 spiro atoms. The van der Waals surface area contributed by atoms with Crippen LogP contribution in [0.25, 0.3) is 0 Å². The molecule has 0 aliphatic carbocycles. The number of carboxylic acid groups (broad SMARTS) is 1. The van der Waals surface area contributed by atoms with E-state index in [1.165, 1.54) is 12.1 Å². The minimum atomic E-state index is -1.03. The second kappa shape index (κ2) is 2.57. The van der Waals surface area contributed by atoms with E-state index in [0.29, 0.717) is 5.69 Å². The van der Waals surface area contributed by atoms with Crippen molar-refractivity contribution in [2.45, 2.75) is 6.92 Å². The Balaban J connectivity index is 3.31. The van der Waals surface area contributed by atoms with Crippen LogP contribution in [0, 0.1) is 6.92 Å². The molecule has 0 aliphatic rings. The van der Waals surface area contributed by atoms with E-state index in [1.807, 2.05) is 0 Å². The van der Waals surface area contributed by atoms with Crippen molar-refractivity contribution >= 4 is 5.97 Å². The number of nitrogens with one attached hydrogen (secondary N) is 1. The Bertz CT molecular complexity index is 340. The third-order valence-electron chi connectivity index (χ3n) is 1.35. The number of carbonyl (C=O) groups is 1. The van der Waals surface area contributed by atoms with Crippen molar-refractivity contribution in [1.29, 1.82) is 0 Å².